The van der Waals surface area contributed by atoms with E-state index in [4.69, 9.17) is 9.88 Å². The van der Waals surface area contributed by atoms with E-state index in [9.17, 15) is 16.8 Å². The fourth-order valence-corrected chi connectivity index (χ4v) is 6.66. The van der Waals surface area contributed by atoms with Crippen molar-refractivity contribution in [3.8, 4) is 0 Å². The molecule has 8 heteroatoms. The highest BCUT2D eigenvalue weighted by atomic mass is 32.2. The quantitative estimate of drug-likeness (QED) is 0.377. The molecule has 0 amide bonds. The SMILES string of the molecule is CCC(CC)(CCCCOCCCCC(CC)(CC)S(N)(=O)=O)S(C)(=O)=O. The Bertz CT molecular complexity index is 552. The summed E-state index contributed by atoms with van der Waals surface area (Å²) in [6.07, 6.45) is 8.14. The summed E-state index contributed by atoms with van der Waals surface area (Å²) in [6.45, 7) is 8.81. The molecule has 0 aromatic rings. The van der Waals surface area contributed by atoms with Crippen molar-refractivity contribution in [2.45, 2.75) is 101 Å². The van der Waals surface area contributed by atoms with Crippen LogP contribution in [0.4, 0.5) is 0 Å². The minimum absolute atomic E-state index is 0.528. The van der Waals surface area contributed by atoms with Crippen LogP contribution in [0.15, 0.2) is 0 Å². The van der Waals surface area contributed by atoms with E-state index in [1.54, 1.807) is 0 Å². The van der Waals surface area contributed by atoms with Crippen molar-refractivity contribution < 1.29 is 21.6 Å². The van der Waals surface area contributed by atoms with Gasteiger partial charge in [0.15, 0.2) is 9.84 Å². The van der Waals surface area contributed by atoms with Crippen LogP contribution in [0.25, 0.3) is 0 Å². The molecule has 0 aromatic carbocycles. The van der Waals surface area contributed by atoms with E-state index in [0.29, 0.717) is 51.7 Å². The minimum Gasteiger partial charge on any atom is -0.381 e. The van der Waals surface area contributed by atoms with Gasteiger partial charge in [0.1, 0.15) is 0 Å². The van der Waals surface area contributed by atoms with E-state index in [2.05, 4.69) is 0 Å². The highest BCUT2D eigenvalue weighted by molar-refractivity contribution is 7.92. The Hall–Kier alpha value is -0.180. The molecule has 27 heavy (non-hydrogen) atoms. The van der Waals surface area contributed by atoms with E-state index < -0.39 is 29.4 Å². The Balaban J connectivity index is 4.12. The van der Waals surface area contributed by atoms with Gasteiger partial charge < -0.3 is 4.74 Å². The standard InChI is InChI=1S/C19H41NO5S2/c1-6-18(7-2,26(5,21)22)14-10-12-16-25-17-13-11-15-19(8-3,9-4)27(20,23)24/h6-17H2,1-5H3,(H2,20,23,24). The third-order valence-electron chi connectivity index (χ3n) is 6.31. The lowest BCUT2D eigenvalue weighted by Crippen LogP contribution is -2.42. The van der Waals surface area contributed by atoms with Crippen LogP contribution in [-0.2, 0) is 24.6 Å². The van der Waals surface area contributed by atoms with Crippen molar-refractivity contribution in [3.05, 3.63) is 0 Å². The summed E-state index contributed by atoms with van der Waals surface area (Å²) in [5.74, 6) is 0. The smallest absolute Gasteiger partial charge is 0.214 e. The first kappa shape index (κ1) is 26.8. The number of sulfone groups is 1. The summed E-state index contributed by atoms with van der Waals surface area (Å²) in [5, 5.41) is 5.42. The van der Waals surface area contributed by atoms with Gasteiger partial charge in [0.25, 0.3) is 0 Å². The molecule has 0 unspecified atom stereocenters. The number of sulfonamides is 1. The summed E-state index contributed by atoms with van der Waals surface area (Å²) < 4.78 is 52.1. The van der Waals surface area contributed by atoms with E-state index in [1.165, 1.54) is 6.26 Å². The predicted molar refractivity (Wildman–Crippen MR) is 113 cm³/mol. The maximum atomic E-state index is 12.1. The van der Waals surface area contributed by atoms with Crippen LogP contribution < -0.4 is 5.14 Å². The molecule has 6 nitrogen and oxygen atoms in total. The van der Waals surface area contributed by atoms with Crippen molar-refractivity contribution in [1.29, 1.82) is 0 Å². The van der Waals surface area contributed by atoms with Gasteiger partial charge in [-0.2, -0.15) is 0 Å². The van der Waals surface area contributed by atoms with Crippen LogP contribution in [0.2, 0.25) is 0 Å². The number of ether oxygens (including phenoxy) is 1. The highest BCUT2D eigenvalue weighted by Crippen LogP contribution is 2.31. The molecular formula is C19H41NO5S2. The van der Waals surface area contributed by atoms with Crippen molar-refractivity contribution in [3.63, 3.8) is 0 Å². The summed E-state index contributed by atoms with van der Waals surface area (Å²) in [6, 6.07) is 0. The average Bonchev–Trinajstić information content (AvgIpc) is 2.58. The lowest BCUT2D eigenvalue weighted by atomic mass is 9.95. The van der Waals surface area contributed by atoms with Gasteiger partial charge in [-0.15, -0.1) is 0 Å². The molecule has 0 atom stereocenters. The van der Waals surface area contributed by atoms with Gasteiger partial charge in [-0.25, -0.2) is 22.0 Å². The van der Waals surface area contributed by atoms with E-state index >= 15 is 0 Å². The summed E-state index contributed by atoms with van der Waals surface area (Å²) in [4.78, 5) is 0. The molecule has 0 aliphatic rings. The zero-order valence-electron chi connectivity index (χ0n) is 17.9. The molecule has 0 fully saturated rings. The second-order valence-corrected chi connectivity index (χ2v) is 12.0. The van der Waals surface area contributed by atoms with Crippen molar-refractivity contribution in [2.24, 2.45) is 5.14 Å². The minimum atomic E-state index is -3.55. The first-order valence-electron chi connectivity index (χ1n) is 10.2. The van der Waals surface area contributed by atoms with Gasteiger partial charge >= 0.3 is 0 Å². The zero-order chi connectivity index (χ0) is 21.2. The lowest BCUT2D eigenvalue weighted by molar-refractivity contribution is 0.124. The number of rotatable bonds is 16. The fraction of sp³-hybridized carbons (Fsp3) is 1.00. The largest absolute Gasteiger partial charge is 0.381 e. The molecule has 0 bridgehead atoms. The van der Waals surface area contributed by atoms with Crippen LogP contribution >= 0.6 is 0 Å². The molecule has 0 saturated carbocycles. The van der Waals surface area contributed by atoms with Crippen LogP contribution in [0.5, 0.6) is 0 Å². The van der Waals surface area contributed by atoms with E-state index in [1.807, 2.05) is 27.7 Å². The molecule has 0 aromatic heterocycles. The summed E-state index contributed by atoms with van der Waals surface area (Å²) >= 11 is 0. The third-order valence-corrected chi connectivity index (χ3v) is 10.7. The fourth-order valence-electron chi connectivity index (χ4n) is 3.87. The van der Waals surface area contributed by atoms with Crippen LogP contribution in [-0.4, -0.2) is 45.8 Å². The number of hydrogen-bond donors (Lipinski definition) is 1. The van der Waals surface area contributed by atoms with Gasteiger partial charge in [0.2, 0.25) is 10.0 Å². The Morgan fingerprint density at radius 2 is 1.07 bits per heavy atom. The van der Waals surface area contributed by atoms with E-state index in [-0.39, 0.29) is 0 Å². The van der Waals surface area contributed by atoms with Gasteiger partial charge in [-0.05, 0) is 64.2 Å². The number of primary sulfonamides is 1. The number of unbranched alkanes of at least 4 members (excludes halogenated alkanes) is 2. The molecule has 164 valence electrons. The Kier molecular flexibility index (Phi) is 11.7. The summed E-state index contributed by atoms with van der Waals surface area (Å²) in [5.41, 5.74) is 0. The number of nitrogens with two attached hydrogens (primary N) is 1. The Morgan fingerprint density at radius 1 is 0.704 bits per heavy atom. The maximum Gasteiger partial charge on any atom is 0.214 e. The molecule has 2 N–H and O–H groups in total. The molecule has 0 aliphatic carbocycles. The van der Waals surface area contributed by atoms with Crippen molar-refractivity contribution >= 4 is 19.9 Å². The molecule has 0 radical (unpaired) electrons. The predicted octanol–water partition coefficient (Wildman–Crippen LogP) is 3.79. The van der Waals surface area contributed by atoms with Gasteiger partial charge in [0, 0.05) is 19.5 Å². The van der Waals surface area contributed by atoms with Crippen LogP contribution in [0, 0.1) is 0 Å². The van der Waals surface area contributed by atoms with E-state index in [0.717, 1.165) is 25.7 Å². The molecule has 0 spiro atoms. The summed E-state index contributed by atoms with van der Waals surface area (Å²) in [7, 11) is -6.62. The van der Waals surface area contributed by atoms with Crippen molar-refractivity contribution in [2.75, 3.05) is 19.5 Å². The van der Waals surface area contributed by atoms with Crippen LogP contribution in [0.3, 0.4) is 0 Å². The monoisotopic (exact) mass is 427 g/mol. The number of hydrogen-bond acceptors (Lipinski definition) is 5. The molecule has 0 heterocycles. The van der Waals surface area contributed by atoms with Gasteiger partial charge in [0.05, 0.1) is 9.49 Å². The van der Waals surface area contributed by atoms with Crippen LogP contribution in [0.1, 0.15) is 91.9 Å². The highest BCUT2D eigenvalue weighted by Gasteiger charge is 2.37. The Labute approximate surface area is 167 Å². The zero-order valence-corrected chi connectivity index (χ0v) is 19.6. The molecule has 0 rings (SSSR count). The molecule has 0 aliphatic heterocycles. The first-order chi connectivity index (χ1) is 12.4. The topological polar surface area (TPSA) is 104 Å². The average molecular weight is 428 g/mol. The Morgan fingerprint density at radius 3 is 1.37 bits per heavy atom. The van der Waals surface area contributed by atoms with Gasteiger partial charge in [-0.3, -0.25) is 0 Å². The van der Waals surface area contributed by atoms with Crippen molar-refractivity contribution in [1.82, 2.24) is 0 Å². The molecule has 0 saturated heterocycles. The third kappa shape index (κ3) is 7.63. The second kappa shape index (κ2) is 11.7. The van der Waals surface area contributed by atoms with Gasteiger partial charge in [-0.1, -0.05) is 27.7 Å². The molecular weight excluding hydrogens is 386 g/mol. The first-order valence-corrected chi connectivity index (χ1v) is 13.7. The normalized spacial score (nSPS) is 13.9. The maximum absolute atomic E-state index is 12.1. The second-order valence-electron chi connectivity index (χ2n) is 7.62. The lowest BCUT2D eigenvalue weighted by Gasteiger charge is -2.29.